The quantitative estimate of drug-likeness (QED) is 0.458. The molecule has 4 N–H and O–H groups in total. The van der Waals surface area contributed by atoms with E-state index in [0.717, 1.165) is 16.3 Å². The highest BCUT2D eigenvalue weighted by Gasteiger charge is 2.12. The number of aromatic nitrogens is 1. The van der Waals surface area contributed by atoms with Gasteiger partial charge in [-0.2, -0.15) is 0 Å². The number of hydrogen-bond donors (Lipinski definition) is 3. The van der Waals surface area contributed by atoms with Crippen LogP contribution in [0.3, 0.4) is 0 Å². The molecule has 1 aromatic heterocycles. The third-order valence-electron chi connectivity index (χ3n) is 2.77. The van der Waals surface area contributed by atoms with Crippen LogP contribution >= 0.6 is 11.8 Å². The predicted octanol–water partition coefficient (Wildman–Crippen LogP) is 2.65. The number of thioether (sulfide) groups is 1. The second kappa shape index (κ2) is 6.40. The summed E-state index contributed by atoms with van der Waals surface area (Å²) in [7, 11) is 0. The minimum absolute atomic E-state index is 0.247. The number of carbonyl (C=O) groups is 1. The minimum atomic E-state index is -0.247. The van der Waals surface area contributed by atoms with Crippen molar-refractivity contribution in [2.75, 3.05) is 17.0 Å². The van der Waals surface area contributed by atoms with Gasteiger partial charge in [-0.1, -0.05) is 6.07 Å². The van der Waals surface area contributed by atoms with Gasteiger partial charge < -0.3 is 10.7 Å². The van der Waals surface area contributed by atoms with Gasteiger partial charge in [0.25, 0.3) is 5.91 Å². The summed E-state index contributed by atoms with van der Waals surface area (Å²) in [6.45, 7) is 1.84. The van der Waals surface area contributed by atoms with Crippen LogP contribution in [-0.2, 0) is 0 Å². The second-order valence-corrected chi connectivity index (χ2v) is 5.08. The van der Waals surface area contributed by atoms with Gasteiger partial charge in [0.15, 0.2) is 0 Å². The number of pyridine rings is 1. The van der Waals surface area contributed by atoms with Gasteiger partial charge in [-0.3, -0.25) is 15.6 Å². The lowest BCUT2D eigenvalue weighted by Gasteiger charge is -2.10. The summed E-state index contributed by atoms with van der Waals surface area (Å²) < 4.78 is 0. The Morgan fingerprint density at radius 1 is 1.35 bits per heavy atom. The first-order chi connectivity index (χ1) is 9.63. The molecule has 5 nitrogen and oxygen atoms in total. The van der Waals surface area contributed by atoms with E-state index in [4.69, 9.17) is 5.84 Å². The first kappa shape index (κ1) is 14.4. The Labute approximate surface area is 121 Å². The van der Waals surface area contributed by atoms with Crippen LogP contribution in [0.5, 0.6) is 0 Å². The number of rotatable bonds is 4. The Balaban J connectivity index is 2.23. The number of nitrogen functional groups attached to an aromatic ring is 1. The number of benzene rings is 1. The molecule has 0 bridgehead atoms. The second-order valence-electron chi connectivity index (χ2n) is 4.20. The van der Waals surface area contributed by atoms with Gasteiger partial charge in [0.1, 0.15) is 0 Å². The normalized spacial score (nSPS) is 10.2. The zero-order chi connectivity index (χ0) is 14.5. The van der Waals surface area contributed by atoms with E-state index in [1.165, 1.54) is 6.20 Å². The lowest BCUT2D eigenvalue weighted by Crippen LogP contribution is -2.18. The number of amides is 1. The molecule has 0 saturated carbocycles. The molecule has 6 heteroatoms. The van der Waals surface area contributed by atoms with Crippen molar-refractivity contribution in [3.8, 4) is 0 Å². The van der Waals surface area contributed by atoms with Crippen LogP contribution in [0.15, 0.2) is 41.4 Å². The van der Waals surface area contributed by atoms with E-state index in [1.54, 1.807) is 17.8 Å². The molecule has 2 aromatic rings. The molecule has 0 spiro atoms. The van der Waals surface area contributed by atoms with Crippen molar-refractivity contribution in [1.29, 1.82) is 0 Å². The number of anilines is 2. The van der Waals surface area contributed by atoms with Gasteiger partial charge >= 0.3 is 0 Å². The lowest BCUT2D eigenvalue weighted by molar-refractivity contribution is 0.102. The fourth-order valence-corrected chi connectivity index (χ4v) is 2.22. The highest BCUT2D eigenvalue weighted by atomic mass is 32.2. The molecule has 0 radical (unpaired) electrons. The van der Waals surface area contributed by atoms with Gasteiger partial charge in [0.2, 0.25) is 0 Å². The van der Waals surface area contributed by atoms with Crippen LogP contribution < -0.4 is 16.6 Å². The molecule has 20 heavy (non-hydrogen) atoms. The maximum absolute atomic E-state index is 12.3. The third-order valence-corrected chi connectivity index (χ3v) is 3.49. The largest absolute Gasteiger partial charge is 0.323 e. The summed E-state index contributed by atoms with van der Waals surface area (Å²) in [4.78, 5) is 17.5. The Kier molecular flexibility index (Phi) is 4.60. The number of hydrazine groups is 1. The number of nitrogens with zero attached hydrogens (tertiary/aromatic N) is 1. The monoisotopic (exact) mass is 288 g/mol. The lowest BCUT2D eigenvalue weighted by atomic mass is 10.2. The fraction of sp³-hybridized carbons (Fsp3) is 0.143. The van der Waals surface area contributed by atoms with Crippen molar-refractivity contribution in [1.82, 2.24) is 4.98 Å². The zero-order valence-corrected chi connectivity index (χ0v) is 12.1. The molecule has 104 valence electrons. The number of hydrogen-bond acceptors (Lipinski definition) is 5. The number of aryl methyl sites for hydroxylation is 1. The van der Waals surface area contributed by atoms with E-state index < -0.39 is 0 Å². The van der Waals surface area contributed by atoms with Crippen molar-refractivity contribution >= 4 is 29.0 Å². The van der Waals surface area contributed by atoms with E-state index in [-0.39, 0.29) is 5.91 Å². The Hall–Kier alpha value is -2.05. The molecule has 1 amide bonds. The molecule has 1 heterocycles. The molecule has 0 atom stereocenters. The summed E-state index contributed by atoms with van der Waals surface area (Å²) in [6.07, 6.45) is 3.50. The molecule has 0 saturated heterocycles. The molecular weight excluding hydrogens is 272 g/mol. The van der Waals surface area contributed by atoms with Crippen LogP contribution in [0.4, 0.5) is 11.4 Å². The Morgan fingerprint density at radius 2 is 2.15 bits per heavy atom. The Bertz CT molecular complexity index is 630. The summed E-state index contributed by atoms with van der Waals surface area (Å²) in [6, 6.07) is 9.37. The summed E-state index contributed by atoms with van der Waals surface area (Å²) in [5, 5.41) is 2.84. The number of nitrogens with one attached hydrogen (secondary N) is 2. The van der Waals surface area contributed by atoms with E-state index >= 15 is 0 Å². The summed E-state index contributed by atoms with van der Waals surface area (Å²) >= 11 is 1.62. The molecule has 2 rings (SSSR count). The zero-order valence-electron chi connectivity index (χ0n) is 11.3. The van der Waals surface area contributed by atoms with Crippen LogP contribution in [0.25, 0.3) is 0 Å². The highest BCUT2D eigenvalue weighted by Crippen LogP contribution is 2.21. The minimum Gasteiger partial charge on any atom is -0.323 e. The predicted molar refractivity (Wildman–Crippen MR) is 83.0 cm³/mol. The molecule has 0 unspecified atom stereocenters. The standard InChI is InChI=1S/C14H16N4OS/c1-9-6-13(18-15)12(8-16-9)14(19)17-10-4-3-5-11(7-10)20-2/h3-8H,15H2,1-2H3,(H,16,18)(H,17,19). The maximum Gasteiger partial charge on any atom is 0.259 e. The SMILES string of the molecule is CSc1cccc(NC(=O)c2cnc(C)cc2NN)c1. The smallest absolute Gasteiger partial charge is 0.259 e. The van der Waals surface area contributed by atoms with Crippen molar-refractivity contribution in [2.24, 2.45) is 5.84 Å². The summed E-state index contributed by atoms with van der Waals surface area (Å²) in [5.74, 6) is 5.19. The summed E-state index contributed by atoms with van der Waals surface area (Å²) in [5.41, 5.74) is 5.01. The van der Waals surface area contributed by atoms with Gasteiger partial charge in [-0.15, -0.1) is 11.8 Å². The fourth-order valence-electron chi connectivity index (χ4n) is 1.76. The molecule has 0 fully saturated rings. The Morgan fingerprint density at radius 3 is 2.85 bits per heavy atom. The molecular formula is C14H16N4OS. The van der Waals surface area contributed by atoms with Gasteiger partial charge in [0, 0.05) is 22.5 Å². The van der Waals surface area contributed by atoms with Gasteiger partial charge in [-0.25, -0.2) is 0 Å². The van der Waals surface area contributed by atoms with Crippen molar-refractivity contribution in [2.45, 2.75) is 11.8 Å². The number of carbonyl (C=O) groups excluding carboxylic acids is 1. The van der Waals surface area contributed by atoms with Crippen molar-refractivity contribution in [3.05, 3.63) is 47.8 Å². The molecule has 0 aliphatic carbocycles. The van der Waals surface area contributed by atoms with E-state index in [1.807, 2.05) is 37.4 Å². The van der Waals surface area contributed by atoms with Crippen molar-refractivity contribution in [3.63, 3.8) is 0 Å². The van der Waals surface area contributed by atoms with Crippen LogP contribution in [0.2, 0.25) is 0 Å². The third kappa shape index (κ3) is 3.28. The van der Waals surface area contributed by atoms with Crippen LogP contribution in [0.1, 0.15) is 16.1 Å². The van der Waals surface area contributed by atoms with Crippen LogP contribution in [0, 0.1) is 6.92 Å². The molecule has 0 aliphatic rings. The maximum atomic E-state index is 12.3. The van der Waals surface area contributed by atoms with E-state index in [9.17, 15) is 4.79 Å². The van der Waals surface area contributed by atoms with Crippen molar-refractivity contribution < 1.29 is 4.79 Å². The average molecular weight is 288 g/mol. The first-order valence-corrected chi connectivity index (χ1v) is 7.25. The first-order valence-electron chi connectivity index (χ1n) is 6.02. The van der Waals surface area contributed by atoms with Crippen LogP contribution in [-0.4, -0.2) is 17.1 Å². The average Bonchev–Trinajstić information content (AvgIpc) is 2.47. The molecule has 0 aliphatic heterocycles. The molecule has 1 aromatic carbocycles. The van der Waals surface area contributed by atoms with E-state index in [0.29, 0.717) is 11.3 Å². The van der Waals surface area contributed by atoms with Gasteiger partial charge in [0.05, 0.1) is 11.3 Å². The number of nitrogens with two attached hydrogens (primary N) is 1. The highest BCUT2D eigenvalue weighted by molar-refractivity contribution is 7.98. The topological polar surface area (TPSA) is 80.0 Å². The van der Waals surface area contributed by atoms with E-state index in [2.05, 4.69) is 15.7 Å². The van der Waals surface area contributed by atoms with Gasteiger partial charge in [-0.05, 0) is 37.4 Å².